The zero-order valence-electron chi connectivity index (χ0n) is 8.51. The maximum atomic E-state index is 6.03. The van der Waals surface area contributed by atoms with Crippen LogP contribution in [0.3, 0.4) is 0 Å². The van der Waals surface area contributed by atoms with Gasteiger partial charge in [0.1, 0.15) is 0 Å². The van der Waals surface area contributed by atoms with E-state index in [0.29, 0.717) is 11.5 Å². The van der Waals surface area contributed by atoms with Gasteiger partial charge in [-0.3, -0.25) is 0 Å². The molecule has 0 aliphatic heterocycles. The predicted molar refractivity (Wildman–Crippen MR) is 51.8 cm³/mol. The van der Waals surface area contributed by atoms with Crippen molar-refractivity contribution in [1.82, 2.24) is 0 Å². The molecule has 0 amide bonds. The molecule has 2 saturated carbocycles. The van der Waals surface area contributed by atoms with E-state index in [1.165, 1.54) is 19.3 Å². The topological polar surface area (TPSA) is 26.0 Å². The van der Waals surface area contributed by atoms with Crippen LogP contribution in [0, 0.1) is 23.2 Å². The van der Waals surface area contributed by atoms with Crippen molar-refractivity contribution in [1.29, 1.82) is 0 Å². The quantitative estimate of drug-likeness (QED) is 0.589. The first-order chi connectivity index (χ1) is 5.48. The van der Waals surface area contributed by atoms with Crippen LogP contribution in [0.5, 0.6) is 0 Å². The Morgan fingerprint density at radius 3 is 2.00 bits per heavy atom. The zero-order valence-corrected chi connectivity index (χ0v) is 8.51. The molecule has 2 fully saturated rings. The molecule has 70 valence electrons. The highest BCUT2D eigenvalue weighted by molar-refractivity contribution is 5.00. The predicted octanol–water partition coefficient (Wildman–Crippen LogP) is 2.41. The van der Waals surface area contributed by atoms with Crippen molar-refractivity contribution in [2.24, 2.45) is 28.9 Å². The molecular weight excluding hydrogens is 146 g/mol. The zero-order chi connectivity index (χ0) is 8.93. The molecule has 1 nitrogen and oxygen atoms in total. The Bertz CT molecular complexity index is 178. The molecule has 0 aromatic rings. The summed E-state index contributed by atoms with van der Waals surface area (Å²) in [5, 5.41) is 0. The molecule has 0 heterocycles. The van der Waals surface area contributed by atoms with E-state index in [9.17, 15) is 0 Å². The summed E-state index contributed by atoms with van der Waals surface area (Å²) in [6.45, 7) is 7.14. The van der Waals surface area contributed by atoms with Crippen molar-refractivity contribution in [3.8, 4) is 0 Å². The Hall–Kier alpha value is -0.0400. The highest BCUT2D eigenvalue weighted by Crippen LogP contribution is 2.53. The Balaban J connectivity index is 2.08. The van der Waals surface area contributed by atoms with Crippen LogP contribution >= 0.6 is 0 Å². The molecule has 2 bridgehead atoms. The monoisotopic (exact) mass is 167 g/mol. The van der Waals surface area contributed by atoms with Crippen molar-refractivity contribution < 1.29 is 0 Å². The van der Waals surface area contributed by atoms with Gasteiger partial charge in [-0.15, -0.1) is 0 Å². The summed E-state index contributed by atoms with van der Waals surface area (Å²) >= 11 is 0. The van der Waals surface area contributed by atoms with Gasteiger partial charge in [0.05, 0.1) is 0 Å². The number of hydrogen-bond acceptors (Lipinski definition) is 1. The third-order valence-corrected chi connectivity index (χ3v) is 4.02. The highest BCUT2D eigenvalue weighted by Gasteiger charge is 2.47. The van der Waals surface area contributed by atoms with Crippen LogP contribution in [0.2, 0.25) is 0 Å². The van der Waals surface area contributed by atoms with Crippen LogP contribution in [-0.2, 0) is 0 Å². The first-order valence-corrected chi connectivity index (χ1v) is 5.24. The second-order valence-electron chi connectivity index (χ2n) is 5.86. The van der Waals surface area contributed by atoms with Gasteiger partial charge in [-0.1, -0.05) is 20.8 Å². The molecule has 0 spiro atoms. The van der Waals surface area contributed by atoms with Crippen molar-refractivity contribution in [3.05, 3.63) is 0 Å². The van der Waals surface area contributed by atoms with Crippen LogP contribution in [0.25, 0.3) is 0 Å². The maximum Gasteiger partial charge on any atom is 0.00701 e. The third kappa shape index (κ3) is 1.19. The van der Waals surface area contributed by atoms with Crippen LogP contribution in [0.15, 0.2) is 0 Å². The van der Waals surface area contributed by atoms with Crippen molar-refractivity contribution >= 4 is 0 Å². The average molecular weight is 167 g/mol. The normalized spacial score (nSPS) is 47.0. The van der Waals surface area contributed by atoms with E-state index in [1.807, 2.05) is 0 Å². The van der Waals surface area contributed by atoms with E-state index < -0.39 is 0 Å². The molecule has 1 heteroatoms. The molecular formula is C11H21N. The fourth-order valence-corrected chi connectivity index (χ4v) is 3.38. The van der Waals surface area contributed by atoms with Gasteiger partial charge in [0, 0.05) is 6.04 Å². The summed E-state index contributed by atoms with van der Waals surface area (Å²) in [5.41, 5.74) is 6.54. The number of nitrogens with two attached hydrogens (primary N) is 1. The second kappa shape index (κ2) is 2.47. The van der Waals surface area contributed by atoms with Gasteiger partial charge in [0.2, 0.25) is 0 Å². The second-order valence-corrected chi connectivity index (χ2v) is 5.86. The SMILES string of the molecule is CC(C)(C)C1CC2CC1CC2N. The Morgan fingerprint density at radius 2 is 1.67 bits per heavy atom. The molecule has 2 aliphatic carbocycles. The molecule has 12 heavy (non-hydrogen) atoms. The lowest BCUT2D eigenvalue weighted by Gasteiger charge is -2.35. The minimum Gasteiger partial charge on any atom is -0.327 e. The molecule has 2 aliphatic rings. The van der Waals surface area contributed by atoms with Crippen LogP contribution in [0.4, 0.5) is 0 Å². The summed E-state index contributed by atoms with van der Waals surface area (Å²) in [6.07, 6.45) is 4.12. The third-order valence-electron chi connectivity index (χ3n) is 4.02. The number of rotatable bonds is 0. The van der Waals surface area contributed by atoms with E-state index in [4.69, 9.17) is 5.73 Å². The summed E-state index contributed by atoms with van der Waals surface area (Å²) in [5.74, 6) is 2.76. The smallest absolute Gasteiger partial charge is 0.00701 e. The van der Waals surface area contributed by atoms with Gasteiger partial charge >= 0.3 is 0 Å². The van der Waals surface area contributed by atoms with Crippen molar-refractivity contribution in [2.45, 2.75) is 46.1 Å². The standard InChI is InChI=1S/C11H21N/c1-11(2,3)9-5-8-4-7(9)6-10(8)12/h7-10H,4-6,12H2,1-3H3. The lowest BCUT2D eigenvalue weighted by molar-refractivity contribution is 0.153. The van der Waals surface area contributed by atoms with E-state index in [2.05, 4.69) is 20.8 Å². The van der Waals surface area contributed by atoms with Gasteiger partial charge < -0.3 is 5.73 Å². The van der Waals surface area contributed by atoms with E-state index in [0.717, 1.165) is 17.8 Å². The lowest BCUT2D eigenvalue weighted by atomic mass is 9.71. The van der Waals surface area contributed by atoms with Crippen molar-refractivity contribution in [3.63, 3.8) is 0 Å². The van der Waals surface area contributed by atoms with E-state index in [-0.39, 0.29) is 0 Å². The highest BCUT2D eigenvalue weighted by atomic mass is 14.7. The minimum absolute atomic E-state index is 0.513. The van der Waals surface area contributed by atoms with E-state index in [1.54, 1.807) is 0 Å². The summed E-state index contributed by atoms with van der Waals surface area (Å²) < 4.78 is 0. The minimum atomic E-state index is 0.513. The molecule has 4 atom stereocenters. The largest absolute Gasteiger partial charge is 0.327 e. The molecule has 0 saturated heterocycles. The Kier molecular flexibility index (Phi) is 1.76. The molecule has 2 rings (SSSR count). The van der Waals surface area contributed by atoms with Gasteiger partial charge in [-0.05, 0) is 42.4 Å². The number of fused-ring (bicyclic) bond motifs is 2. The molecule has 0 radical (unpaired) electrons. The van der Waals surface area contributed by atoms with Gasteiger partial charge in [0.15, 0.2) is 0 Å². The fraction of sp³-hybridized carbons (Fsp3) is 1.00. The van der Waals surface area contributed by atoms with E-state index >= 15 is 0 Å². The lowest BCUT2D eigenvalue weighted by Crippen LogP contribution is -2.34. The molecule has 4 unspecified atom stereocenters. The number of hydrogen-bond donors (Lipinski definition) is 1. The molecule has 2 N–H and O–H groups in total. The van der Waals surface area contributed by atoms with Crippen LogP contribution in [0.1, 0.15) is 40.0 Å². The Labute approximate surface area is 75.7 Å². The first kappa shape index (κ1) is 8.55. The summed E-state index contributed by atoms with van der Waals surface area (Å²) in [7, 11) is 0. The summed E-state index contributed by atoms with van der Waals surface area (Å²) in [4.78, 5) is 0. The van der Waals surface area contributed by atoms with Crippen LogP contribution in [-0.4, -0.2) is 6.04 Å². The van der Waals surface area contributed by atoms with Gasteiger partial charge in [-0.2, -0.15) is 0 Å². The van der Waals surface area contributed by atoms with Crippen LogP contribution < -0.4 is 5.73 Å². The molecule has 0 aromatic carbocycles. The fourth-order valence-electron chi connectivity index (χ4n) is 3.38. The van der Waals surface area contributed by atoms with Gasteiger partial charge in [-0.25, -0.2) is 0 Å². The Morgan fingerprint density at radius 1 is 1.00 bits per heavy atom. The van der Waals surface area contributed by atoms with Gasteiger partial charge in [0.25, 0.3) is 0 Å². The average Bonchev–Trinajstić information content (AvgIpc) is 2.41. The maximum absolute atomic E-state index is 6.03. The first-order valence-electron chi connectivity index (χ1n) is 5.24. The summed E-state index contributed by atoms with van der Waals surface area (Å²) in [6, 6.07) is 0.536. The molecule has 0 aromatic heterocycles. The van der Waals surface area contributed by atoms with Crippen molar-refractivity contribution in [2.75, 3.05) is 0 Å².